The maximum atomic E-state index is 12.4. The van der Waals surface area contributed by atoms with Gasteiger partial charge in [0, 0.05) is 30.9 Å². The topological polar surface area (TPSA) is 49.4 Å². The molecule has 0 aromatic carbocycles. The van der Waals surface area contributed by atoms with Gasteiger partial charge in [0.1, 0.15) is 0 Å². The zero-order chi connectivity index (χ0) is 15.7. The molecule has 2 amide bonds. The van der Waals surface area contributed by atoms with Gasteiger partial charge in [-0.25, -0.2) is 0 Å². The fourth-order valence-electron chi connectivity index (χ4n) is 3.46. The summed E-state index contributed by atoms with van der Waals surface area (Å²) in [5.41, 5.74) is 1.20. The highest BCUT2D eigenvalue weighted by atomic mass is 32.1. The molecular weight excluding hydrogens is 296 g/mol. The Labute approximate surface area is 135 Å². The van der Waals surface area contributed by atoms with E-state index in [1.165, 1.54) is 23.3 Å². The Morgan fingerprint density at radius 3 is 2.64 bits per heavy atom. The highest BCUT2D eigenvalue weighted by Crippen LogP contribution is 2.33. The minimum absolute atomic E-state index is 0.0614. The van der Waals surface area contributed by atoms with E-state index in [0.29, 0.717) is 6.04 Å². The van der Waals surface area contributed by atoms with E-state index in [2.05, 4.69) is 5.32 Å². The lowest BCUT2D eigenvalue weighted by molar-refractivity contribution is -0.126. The first-order valence-electron chi connectivity index (χ1n) is 8.18. The second-order valence-corrected chi connectivity index (χ2v) is 7.83. The number of nitrogens with one attached hydrogen (secondary N) is 1. The van der Waals surface area contributed by atoms with Gasteiger partial charge in [-0.1, -0.05) is 12.8 Å². The Morgan fingerprint density at radius 1 is 1.23 bits per heavy atom. The van der Waals surface area contributed by atoms with Crippen molar-refractivity contribution >= 4 is 23.2 Å². The van der Waals surface area contributed by atoms with Crippen molar-refractivity contribution in [2.45, 2.75) is 51.0 Å². The zero-order valence-electron chi connectivity index (χ0n) is 13.4. The van der Waals surface area contributed by atoms with Gasteiger partial charge in [0.15, 0.2) is 0 Å². The molecule has 1 N–H and O–H groups in total. The highest BCUT2D eigenvalue weighted by molar-refractivity contribution is 7.14. The number of amides is 2. The molecule has 1 aromatic rings. The lowest BCUT2D eigenvalue weighted by Crippen LogP contribution is -2.39. The van der Waals surface area contributed by atoms with E-state index in [-0.39, 0.29) is 17.7 Å². The predicted molar refractivity (Wildman–Crippen MR) is 88.3 cm³/mol. The van der Waals surface area contributed by atoms with Gasteiger partial charge in [-0.05, 0) is 43.7 Å². The van der Waals surface area contributed by atoms with Gasteiger partial charge < -0.3 is 10.2 Å². The summed E-state index contributed by atoms with van der Waals surface area (Å²) in [7, 11) is 3.55. The van der Waals surface area contributed by atoms with E-state index in [1.807, 2.05) is 6.07 Å². The van der Waals surface area contributed by atoms with Crippen LogP contribution in [-0.2, 0) is 17.6 Å². The Hall–Kier alpha value is -1.36. The molecule has 2 aliphatic carbocycles. The smallest absolute Gasteiger partial charge is 0.263 e. The fraction of sp³-hybridized carbons (Fsp3) is 0.647. The molecular formula is C17H24N2O2S. The summed E-state index contributed by atoms with van der Waals surface area (Å²) in [6.45, 7) is 0. The average Bonchev–Trinajstić information content (AvgIpc) is 3.13. The number of rotatable bonds is 3. The van der Waals surface area contributed by atoms with Crippen molar-refractivity contribution in [1.82, 2.24) is 10.2 Å². The highest BCUT2D eigenvalue weighted by Gasteiger charge is 2.29. The first kappa shape index (κ1) is 15.5. The van der Waals surface area contributed by atoms with Gasteiger partial charge in [-0.2, -0.15) is 0 Å². The van der Waals surface area contributed by atoms with Crippen LogP contribution in [0, 0.1) is 5.92 Å². The van der Waals surface area contributed by atoms with Gasteiger partial charge in [0.25, 0.3) is 5.91 Å². The van der Waals surface area contributed by atoms with Crippen molar-refractivity contribution in [3.05, 3.63) is 21.4 Å². The van der Waals surface area contributed by atoms with Crippen molar-refractivity contribution in [3.8, 4) is 0 Å². The van der Waals surface area contributed by atoms with Crippen LogP contribution < -0.4 is 5.32 Å². The van der Waals surface area contributed by atoms with E-state index >= 15 is 0 Å². The van der Waals surface area contributed by atoms with Crippen LogP contribution in [0.4, 0.5) is 0 Å². The van der Waals surface area contributed by atoms with E-state index in [0.717, 1.165) is 37.0 Å². The van der Waals surface area contributed by atoms with Crippen LogP contribution in [0.5, 0.6) is 0 Å². The third-order valence-corrected chi connectivity index (χ3v) is 6.00. The number of fused-ring (bicyclic) bond motifs is 1. The van der Waals surface area contributed by atoms with E-state index in [1.54, 1.807) is 30.3 Å². The fourth-order valence-corrected chi connectivity index (χ4v) is 4.69. The quantitative estimate of drug-likeness (QED) is 0.931. The number of thiophene rings is 1. The number of carbonyl (C=O) groups excluding carboxylic acids is 2. The molecule has 2 aliphatic rings. The van der Waals surface area contributed by atoms with Crippen LogP contribution in [-0.4, -0.2) is 36.9 Å². The summed E-state index contributed by atoms with van der Waals surface area (Å²) < 4.78 is 0. The average molecular weight is 320 g/mol. The normalized spacial score (nSPS) is 21.5. The largest absolute Gasteiger partial charge is 0.353 e. The molecule has 1 fully saturated rings. The Morgan fingerprint density at radius 2 is 1.95 bits per heavy atom. The first-order chi connectivity index (χ1) is 10.5. The van der Waals surface area contributed by atoms with E-state index < -0.39 is 0 Å². The van der Waals surface area contributed by atoms with Gasteiger partial charge in [0.2, 0.25) is 5.91 Å². The maximum Gasteiger partial charge on any atom is 0.263 e. The summed E-state index contributed by atoms with van der Waals surface area (Å²) in [4.78, 5) is 28.2. The summed E-state index contributed by atoms with van der Waals surface area (Å²) in [6, 6.07) is 2.39. The van der Waals surface area contributed by atoms with Crippen molar-refractivity contribution < 1.29 is 9.59 Å². The number of nitrogens with zero attached hydrogens (tertiary/aromatic N) is 1. The van der Waals surface area contributed by atoms with Crippen molar-refractivity contribution in [3.63, 3.8) is 0 Å². The van der Waals surface area contributed by atoms with Gasteiger partial charge in [-0.15, -0.1) is 11.3 Å². The molecule has 3 rings (SSSR count). The SMILES string of the molecule is CN(C)C(=O)c1cc2c(s1)CC[C@H](C(=O)NC1CCCC1)C2. The summed E-state index contributed by atoms with van der Waals surface area (Å²) in [5, 5.41) is 3.22. The van der Waals surface area contributed by atoms with Crippen LogP contribution in [0.15, 0.2) is 6.07 Å². The van der Waals surface area contributed by atoms with E-state index in [4.69, 9.17) is 0 Å². The molecule has 0 bridgehead atoms. The second kappa shape index (κ2) is 6.41. The summed E-state index contributed by atoms with van der Waals surface area (Å²) in [5.74, 6) is 0.348. The number of aryl methyl sites for hydroxylation is 1. The van der Waals surface area contributed by atoms with Gasteiger partial charge in [-0.3, -0.25) is 9.59 Å². The van der Waals surface area contributed by atoms with Crippen LogP contribution in [0.25, 0.3) is 0 Å². The molecule has 0 spiro atoms. The van der Waals surface area contributed by atoms with Gasteiger partial charge >= 0.3 is 0 Å². The standard InChI is InChI=1S/C17H24N2O2S/c1-19(2)17(21)15-10-12-9-11(7-8-14(12)22-15)16(20)18-13-5-3-4-6-13/h10-11,13H,3-9H2,1-2H3,(H,18,20)/t11-/m0/s1. The summed E-state index contributed by atoms with van der Waals surface area (Å²) >= 11 is 1.60. The third-order valence-electron chi connectivity index (χ3n) is 4.77. The molecule has 4 nitrogen and oxygen atoms in total. The maximum absolute atomic E-state index is 12.4. The Balaban J connectivity index is 1.65. The second-order valence-electron chi connectivity index (χ2n) is 6.69. The van der Waals surface area contributed by atoms with Crippen LogP contribution in [0.2, 0.25) is 0 Å². The predicted octanol–water partition coefficient (Wildman–Crippen LogP) is 2.61. The molecule has 1 aromatic heterocycles. The molecule has 0 saturated heterocycles. The van der Waals surface area contributed by atoms with Crippen molar-refractivity contribution in [2.75, 3.05) is 14.1 Å². The molecule has 22 heavy (non-hydrogen) atoms. The number of carbonyl (C=O) groups is 2. The van der Waals surface area contributed by atoms with Gasteiger partial charge in [0.05, 0.1) is 4.88 Å². The van der Waals surface area contributed by atoms with Crippen LogP contribution in [0.3, 0.4) is 0 Å². The third kappa shape index (κ3) is 3.19. The van der Waals surface area contributed by atoms with Crippen molar-refractivity contribution in [2.24, 2.45) is 5.92 Å². The number of hydrogen-bond donors (Lipinski definition) is 1. The molecule has 120 valence electrons. The summed E-state index contributed by atoms with van der Waals surface area (Å²) in [6.07, 6.45) is 7.34. The molecule has 0 aliphatic heterocycles. The monoisotopic (exact) mass is 320 g/mol. The van der Waals surface area contributed by atoms with E-state index in [9.17, 15) is 9.59 Å². The Kier molecular flexibility index (Phi) is 4.52. The molecule has 0 unspecified atom stereocenters. The molecule has 1 saturated carbocycles. The number of hydrogen-bond acceptors (Lipinski definition) is 3. The molecule has 1 heterocycles. The lowest BCUT2D eigenvalue weighted by atomic mass is 9.87. The molecule has 5 heteroatoms. The van der Waals surface area contributed by atoms with Crippen LogP contribution >= 0.6 is 11.3 Å². The molecule has 0 radical (unpaired) electrons. The molecule has 1 atom stereocenters. The lowest BCUT2D eigenvalue weighted by Gasteiger charge is -2.23. The zero-order valence-corrected chi connectivity index (χ0v) is 14.2. The minimum Gasteiger partial charge on any atom is -0.353 e. The minimum atomic E-state index is 0.0614. The van der Waals surface area contributed by atoms with Crippen molar-refractivity contribution in [1.29, 1.82) is 0 Å². The van der Waals surface area contributed by atoms with Crippen LogP contribution in [0.1, 0.15) is 52.2 Å². The Bertz CT molecular complexity index is 573. The first-order valence-corrected chi connectivity index (χ1v) is 9.00.